The smallest absolute Gasteiger partial charge is 0.242 e. The number of nitrogens with one attached hydrogen (secondary N) is 1. The van der Waals surface area contributed by atoms with Gasteiger partial charge in [-0.05, 0) is 11.8 Å². The maximum atomic E-state index is 12.0. The van der Waals surface area contributed by atoms with Crippen molar-refractivity contribution >= 4 is 11.8 Å². The highest BCUT2D eigenvalue weighted by atomic mass is 16.2. The summed E-state index contributed by atoms with van der Waals surface area (Å²) in [6.45, 7) is 9.71. The highest BCUT2D eigenvalue weighted by Gasteiger charge is 2.21. The number of nitrogens with zero attached hydrogens (tertiary/aromatic N) is 2. The molecule has 19 heavy (non-hydrogen) atoms. The summed E-state index contributed by atoms with van der Waals surface area (Å²) in [5, 5.41) is 3.21. The number of carbonyl (C=O) groups is 2. The second kappa shape index (κ2) is 6.89. The lowest BCUT2D eigenvalue weighted by Crippen LogP contribution is -2.49. The van der Waals surface area contributed by atoms with Crippen LogP contribution in [0.2, 0.25) is 0 Å². The van der Waals surface area contributed by atoms with Crippen molar-refractivity contribution in [1.82, 2.24) is 15.1 Å². The Kier molecular flexibility index (Phi) is 5.79. The summed E-state index contributed by atoms with van der Waals surface area (Å²) in [7, 11) is 1.71. The minimum absolute atomic E-state index is 0.0492. The van der Waals surface area contributed by atoms with Crippen molar-refractivity contribution < 1.29 is 9.59 Å². The Morgan fingerprint density at radius 2 is 1.79 bits per heavy atom. The Hall–Kier alpha value is -1.10. The number of carbonyl (C=O) groups excluding carboxylic acids is 2. The van der Waals surface area contributed by atoms with Gasteiger partial charge in [-0.25, -0.2) is 0 Å². The summed E-state index contributed by atoms with van der Waals surface area (Å²) in [6, 6.07) is 0. The Bertz CT molecular complexity index is 317. The molecule has 0 unspecified atom stereocenters. The molecule has 1 rings (SSSR count). The zero-order valence-electron chi connectivity index (χ0n) is 12.7. The third-order valence-electron chi connectivity index (χ3n) is 3.36. The third-order valence-corrected chi connectivity index (χ3v) is 3.36. The van der Waals surface area contributed by atoms with Crippen molar-refractivity contribution in [3.8, 4) is 0 Å². The first-order chi connectivity index (χ1) is 8.79. The van der Waals surface area contributed by atoms with E-state index < -0.39 is 0 Å². The van der Waals surface area contributed by atoms with Crippen molar-refractivity contribution in [2.75, 3.05) is 39.8 Å². The van der Waals surface area contributed by atoms with Gasteiger partial charge in [-0.1, -0.05) is 20.8 Å². The molecule has 0 saturated carbocycles. The Morgan fingerprint density at radius 3 is 2.32 bits per heavy atom. The normalized spacial score (nSPS) is 16.3. The van der Waals surface area contributed by atoms with Crippen molar-refractivity contribution in [3.05, 3.63) is 0 Å². The molecule has 1 aliphatic heterocycles. The first-order valence-corrected chi connectivity index (χ1v) is 7.02. The van der Waals surface area contributed by atoms with E-state index in [2.05, 4.69) is 26.1 Å². The third kappa shape index (κ3) is 6.05. The highest BCUT2D eigenvalue weighted by molar-refractivity contribution is 5.84. The quantitative estimate of drug-likeness (QED) is 0.817. The number of hydrogen-bond acceptors (Lipinski definition) is 3. The Labute approximate surface area is 116 Å². The predicted molar refractivity (Wildman–Crippen MR) is 75.8 cm³/mol. The van der Waals surface area contributed by atoms with Crippen molar-refractivity contribution in [2.24, 2.45) is 5.41 Å². The molecule has 0 aromatic heterocycles. The van der Waals surface area contributed by atoms with E-state index in [0.29, 0.717) is 6.42 Å². The van der Waals surface area contributed by atoms with E-state index in [0.717, 1.165) is 32.6 Å². The summed E-state index contributed by atoms with van der Waals surface area (Å²) < 4.78 is 0. The van der Waals surface area contributed by atoms with Crippen molar-refractivity contribution in [2.45, 2.75) is 33.6 Å². The van der Waals surface area contributed by atoms with Gasteiger partial charge in [0, 0.05) is 39.6 Å². The van der Waals surface area contributed by atoms with E-state index in [4.69, 9.17) is 0 Å². The van der Waals surface area contributed by atoms with Crippen LogP contribution in [0.5, 0.6) is 0 Å². The minimum Gasteiger partial charge on any atom is -0.339 e. The molecule has 2 amide bonds. The van der Waals surface area contributed by atoms with Gasteiger partial charge in [-0.3, -0.25) is 9.59 Å². The van der Waals surface area contributed by atoms with E-state index in [1.807, 2.05) is 4.90 Å². The first kappa shape index (κ1) is 16.0. The van der Waals surface area contributed by atoms with Gasteiger partial charge in [0.1, 0.15) is 0 Å². The molecule has 0 aliphatic carbocycles. The van der Waals surface area contributed by atoms with E-state index in [9.17, 15) is 9.59 Å². The molecule has 5 nitrogen and oxygen atoms in total. The molecule has 1 N–H and O–H groups in total. The molecule has 1 aliphatic rings. The average Bonchev–Trinajstić information content (AvgIpc) is 2.36. The number of hydrogen-bond donors (Lipinski definition) is 1. The molecule has 0 atom stereocenters. The van der Waals surface area contributed by atoms with E-state index >= 15 is 0 Å². The molecule has 1 heterocycles. The standard InChI is InChI=1S/C14H27N3O2/c1-14(2,3)6-5-12(18)16(4)11-13(19)17-9-7-15-8-10-17/h15H,5-11H2,1-4H3. The predicted octanol–water partition coefficient (Wildman–Crippen LogP) is 0.703. The van der Waals surface area contributed by atoms with Gasteiger partial charge in [0.05, 0.1) is 6.54 Å². The zero-order chi connectivity index (χ0) is 14.5. The Morgan fingerprint density at radius 1 is 1.21 bits per heavy atom. The number of amides is 2. The fraction of sp³-hybridized carbons (Fsp3) is 0.857. The van der Waals surface area contributed by atoms with Gasteiger partial charge >= 0.3 is 0 Å². The molecule has 0 spiro atoms. The van der Waals surface area contributed by atoms with Crippen molar-refractivity contribution in [1.29, 1.82) is 0 Å². The van der Waals surface area contributed by atoms with Crippen LogP contribution in [0.15, 0.2) is 0 Å². The van der Waals surface area contributed by atoms with Crippen LogP contribution in [0.3, 0.4) is 0 Å². The zero-order valence-corrected chi connectivity index (χ0v) is 12.7. The summed E-state index contributed by atoms with van der Waals surface area (Å²) in [4.78, 5) is 27.3. The summed E-state index contributed by atoms with van der Waals surface area (Å²) >= 11 is 0. The van der Waals surface area contributed by atoms with Crippen LogP contribution in [-0.4, -0.2) is 61.4 Å². The lowest BCUT2D eigenvalue weighted by molar-refractivity contribution is -0.140. The molecule has 0 bridgehead atoms. The molecule has 0 aromatic rings. The maximum absolute atomic E-state index is 12.0. The highest BCUT2D eigenvalue weighted by Crippen LogP contribution is 2.20. The number of piperazine rings is 1. The van der Waals surface area contributed by atoms with Gasteiger partial charge < -0.3 is 15.1 Å². The van der Waals surface area contributed by atoms with Gasteiger partial charge in [-0.15, -0.1) is 0 Å². The summed E-state index contributed by atoms with van der Waals surface area (Å²) in [6.07, 6.45) is 1.35. The Balaban J connectivity index is 2.34. The monoisotopic (exact) mass is 269 g/mol. The van der Waals surface area contributed by atoms with E-state index in [1.165, 1.54) is 0 Å². The van der Waals surface area contributed by atoms with Crippen LogP contribution in [0.4, 0.5) is 0 Å². The maximum Gasteiger partial charge on any atom is 0.242 e. The van der Waals surface area contributed by atoms with Gasteiger partial charge in [0.25, 0.3) is 0 Å². The summed E-state index contributed by atoms with van der Waals surface area (Å²) in [5.41, 5.74) is 0.152. The van der Waals surface area contributed by atoms with E-state index in [1.54, 1.807) is 11.9 Å². The van der Waals surface area contributed by atoms with Crippen LogP contribution in [0, 0.1) is 5.41 Å². The molecule has 110 valence electrons. The van der Waals surface area contributed by atoms with Crippen molar-refractivity contribution in [3.63, 3.8) is 0 Å². The van der Waals surface area contributed by atoms with Crippen LogP contribution in [-0.2, 0) is 9.59 Å². The lowest BCUT2D eigenvalue weighted by atomic mass is 9.90. The molecule has 0 aromatic carbocycles. The minimum atomic E-state index is 0.0492. The summed E-state index contributed by atoms with van der Waals surface area (Å²) in [5.74, 6) is 0.103. The molecular weight excluding hydrogens is 242 g/mol. The van der Waals surface area contributed by atoms with Crippen LogP contribution in [0.25, 0.3) is 0 Å². The van der Waals surface area contributed by atoms with Crippen LogP contribution < -0.4 is 5.32 Å². The molecule has 0 radical (unpaired) electrons. The number of rotatable bonds is 4. The van der Waals surface area contributed by atoms with Crippen LogP contribution >= 0.6 is 0 Å². The molecule has 5 heteroatoms. The molecular formula is C14H27N3O2. The SMILES string of the molecule is CN(CC(=O)N1CCNCC1)C(=O)CCC(C)(C)C. The van der Waals surface area contributed by atoms with Gasteiger partial charge in [0.2, 0.25) is 11.8 Å². The second-order valence-electron chi connectivity index (χ2n) is 6.44. The second-order valence-corrected chi connectivity index (χ2v) is 6.44. The lowest BCUT2D eigenvalue weighted by Gasteiger charge is -2.29. The topological polar surface area (TPSA) is 52.7 Å². The van der Waals surface area contributed by atoms with Gasteiger partial charge in [0.15, 0.2) is 0 Å². The van der Waals surface area contributed by atoms with Crippen LogP contribution in [0.1, 0.15) is 33.6 Å². The largest absolute Gasteiger partial charge is 0.339 e. The van der Waals surface area contributed by atoms with E-state index in [-0.39, 0.29) is 23.8 Å². The van der Waals surface area contributed by atoms with Gasteiger partial charge in [-0.2, -0.15) is 0 Å². The number of likely N-dealkylation sites (N-methyl/N-ethyl adjacent to an activating group) is 1. The molecule has 1 saturated heterocycles. The average molecular weight is 269 g/mol. The fourth-order valence-electron chi connectivity index (χ4n) is 1.98. The fourth-order valence-corrected chi connectivity index (χ4v) is 1.98. The molecule has 1 fully saturated rings. The first-order valence-electron chi connectivity index (χ1n) is 7.02.